The summed E-state index contributed by atoms with van der Waals surface area (Å²) in [6.45, 7) is 0. The molecule has 0 radical (unpaired) electrons. The van der Waals surface area contributed by atoms with E-state index in [0.717, 1.165) is 28.4 Å². The van der Waals surface area contributed by atoms with Gasteiger partial charge in [0.2, 0.25) is 5.91 Å². The van der Waals surface area contributed by atoms with Crippen LogP contribution >= 0.6 is 23.4 Å². The number of thioether (sulfide) groups is 1. The number of amides is 1. The van der Waals surface area contributed by atoms with Gasteiger partial charge in [-0.1, -0.05) is 53.7 Å². The van der Waals surface area contributed by atoms with Gasteiger partial charge in [-0.2, -0.15) is 0 Å². The molecule has 170 valence electrons. The fraction of sp³-hybridized carbons (Fsp3) is 0.120. The second-order valence-corrected chi connectivity index (χ2v) is 8.99. The summed E-state index contributed by atoms with van der Waals surface area (Å²) in [5, 5.41) is 13.0. The van der Waals surface area contributed by atoms with E-state index in [1.807, 2.05) is 59.2 Å². The first-order valence-electron chi connectivity index (χ1n) is 10.8. The predicted octanol–water partition coefficient (Wildman–Crippen LogP) is 5.31. The number of aryl methyl sites for hydroxylation is 2. The molecule has 2 heterocycles. The van der Waals surface area contributed by atoms with Gasteiger partial charge in [0.05, 0.1) is 16.8 Å². The third kappa shape index (κ3) is 5.13. The number of imidazole rings is 1. The highest BCUT2D eigenvalue weighted by atomic mass is 35.5. The number of fused-ring (bicyclic) bond motifs is 1. The van der Waals surface area contributed by atoms with Crippen LogP contribution in [0, 0.1) is 0 Å². The molecule has 0 atom stereocenters. The molecule has 0 aliphatic rings. The number of benzene rings is 3. The maximum absolute atomic E-state index is 12.5. The first-order chi connectivity index (χ1) is 16.7. The summed E-state index contributed by atoms with van der Waals surface area (Å²) in [7, 11) is 0. The average Bonchev–Trinajstić information content (AvgIpc) is 3.47. The summed E-state index contributed by atoms with van der Waals surface area (Å²) in [5.41, 5.74) is 3.62. The van der Waals surface area contributed by atoms with Gasteiger partial charge in [0.25, 0.3) is 0 Å². The van der Waals surface area contributed by atoms with Crippen molar-refractivity contribution in [2.24, 2.45) is 0 Å². The topological polar surface area (TPSA) is 88.5 Å². The van der Waals surface area contributed by atoms with Crippen molar-refractivity contribution in [3.8, 4) is 5.69 Å². The number of carbonyl (C=O) groups is 1. The lowest BCUT2D eigenvalue weighted by Crippen LogP contribution is -2.14. The molecule has 2 aromatic heterocycles. The van der Waals surface area contributed by atoms with Crippen LogP contribution in [0.4, 0.5) is 5.69 Å². The van der Waals surface area contributed by atoms with E-state index in [1.54, 1.807) is 24.3 Å². The molecule has 0 aliphatic heterocycles. The van der Waals surface area contributed by atoms with Gasteiger partial charge in [0.15, 0.2) is 5.16 Å². The number of hydrogen-bond donors (Lipinski definition) is 2. The number of nitrogens with zero attached hydrogens (tertiary/aromatic N) is 4. The average molecular weight is 489 g/mol. The SMILES string of the molecule is O=C(CSc1nnc(CCc2nc3ccccc3[nH]2)n1-c1ccccc1)Nc1ccc(Cl)cc1. The largest absolute Gasteiger partial charge is 0.342 e. The van der Waals surface area contributed by atoms with Crippen LogP contribution in [0.3, 0.4) is 0 Å². The van der Waals surface area contributed by atoms with E-state index in [9.17, 15) is 4.79 Å². The predicted molar refractivity (Wildman–Crippen MR) is 136 cm³/mol. The second-order valence-electron chi connectivity index (χ2n) is 7.61. The highest BCUT2D eigenvalue weighted by Crippen LogP contribution is 2.23. The van der Waals surface area contributed by atoms with Gasteiger partial charge in [-0.3, -0.25) is 9.36 Å². The molecular weight excluding hydrogens is 468 g/mol. The highest BCUT2D eigenvalue weighted by molar-refractivity contribution is 7.99. The fourth-order valence-electron chi connectivity index (χ4n) is 3.61. The van der Waals surface area contributed by atoms with Gasteiger partial charge in [-0.25, -0.2) is 4.98 Å². The zero-order chi connectivity index (χ0) is 23.3. The molecule has 9 heteroatoms. The van der Waals surface area contributed by atoms with Crippen LogP contribution < -0.4 is 5.32 Å². The summed E-state index contributed by atoms with van der Waals surface area (Å²) >= 11 is 7.26. The van der Waals surface area contributed by atoms with Crippen LogP contribution in [0.2, 0.25) is 5.02 Å². The first kappa shape index (κ1) is 22.2. The number of hydrogen-bond acceptors (Lipinski definition) is 5. The quantitative estimate of drug-likeness (QED) is 0.289. The van der Waals surface area contributed by atoms with E-state index in [4.69, 9.17) is 11.6 Å². The Kier molecular flexibility index (Phi) is 6.60. The summed E-state index contributed by atoms with van der Waals surface area (Å²) in [4.78, 5) is 20.5. The zero-order valence-corrected chi connectivity index (χ0v) is 19.7. The molecule has 0 unspecified atom stereocenters. The number of nitrogens with one attached hydrogen (secondary N) is 2. The van der Waals surface area contributed by atoms with Gasteiger partial charge >= 0.3 is 0 Å². The maximum atomic E-state index is 12.5. The van der Waals surface area contributed by atoms with E-state index < -0.39 is 0 Å². The van der Waals surface area contributed by atoms with E-state index in [2.05, 4.69) is 25.5 Å². The molecule has 3 aromatic carbocycles. The lowest BCUT2D eigenvalue weighted by atomic mass is 10.2. The summed E-state index contributed by atoms with van der Waals surface area (Å²) in [6.07, 6.45) is 1.35. The monoisotopic (exact) mass is 488 g/mol. The van der Waals surface area contributed by atoms with Crippen molar-refractivity contribution < 1.29 is 4.79 Å². The number of halogens is 1. The van der Waals surface area contributed by atoms with E-state index in [0.29, 0.717) is 28.7 Å². The second kappa shape index (κ2) is 10.1. The van der Waals surface area contributed by atoms with Crippen molar-refractivity contribution >= 4 is 46.0 Å². The minimum absolute atomic E-state index is 0.126. The maximum Gasteiger partial charge on any atom is 0.234 e. The Balaban J connectivity index is 1.32. The van der Waals surface area contributed by atoms with Gasteiger partial charge in [0.1, 0.15) is 11.6 Å². The highest BCUT2D eigenvalue weighted by Gasteiger charge is 2.16. The molecule has 0 saturated heterocycles. The summed E-state index contributed by atoms with van der Waals surface area (Å²) in [5.74, 6) is 1.79. The third-order valence-corrected chi connectivity index (χ3v) is 6.38. The molecule has 7 nitrogen and oxygen atoms in total. The molecule has 0 bridgehead atoms. The minimum Gasteiger partial charge on any atom is -0.342 e. The van der Waals surface area contributed by atoms with Crippen LogP contribution in [0.1, 0.15) is 11.6 Å². The number of H-pyrrole nitrogens is 1. The lowest BCUT2D eigenvalue weighted by Gasteiger charge is -2.10. The Hall–Kier alpha value is -3.62. The molecule has 0 spiro atoms. The Morgan fingerprint density at radius 2 is 1.71 bits per heavy atom. The Labute approximate surface area is 205 Å². The molecule has 5 rings (SSSR count). The van der Waals surface area contributed by atoms with Crippen LogP contribution in [-0.4, -0.2) is 36.4 Å². The summed E-state index contributed by atoms with van der Waals surface area (Å²) < 4.78 is 2.00. The number of rotatable bonds is 8. The van der Waals surface area contributed by atoms with Gasteiger partial charge in [0, 0.05) is 29.2 Å². The standard InChI is InChI=1S/C25H21ClN6OS/c26-17-10-12-18(13-11-17)27-24(33)16-34-25-31-30-23(32(25)19-6-2-1-3-7-19)15-14-22-28-20-8-4-5-9-21(20)29-22/h1-13H,14-16H2,(H,27,33)(H,28,29). The molecule has 1 amide bonds. The molecule has 0 fully saturated rings. The fourth-order valence-corrected chi connectivity index (χ4v) is 4.50. The van der Waals surface area contributed by atoms with Crippen molar-refractivity contribution in [3.63, 3.8) is 0 Å². The van der Waals surface area contributed by atoms with Crippen molar-refractivity contribution in [1.82, 2.24) is 24.7 Å². The minimum atomic E-state index is -0.126. The molecule has 0 aliphatic carbocycles. The van der Waals surface area contributed by atoms with Crippen LogP contribution in [-0.2, 0) is 17.6 Å². The zero-order valence-electron chi connectivity index (χ0n) is 18.1. The molecule has 5 aromatic rings. The number of aromatic nitrogens is 5. The van der Waals surface area contributed by atoms with Gasteiger partial charge in [-0.15, -0.1) is 10.2 Å². The molecule has 0 saturated carbocycles. The van der Waals surface area contributed by atoms with E-state index in [1.165, 1.54) is 11.8 Å². The smallest absolute Gasteiger partial charge is 0.234 e. The van der Waals surface area contributed by atoms with Crippen molar-refractivity contribution in [3.05, 3.63) is 95.5 Å². The van der Waals surface area contributed by atoms with Gasteiger partial charge < -0.3 is 10.3 Å². The van der Waals surface area contributed by atoms with E-state index in [-0.39, 0.29) is 11.7 Å². The normalized spacial score (nSPS) is 11.1. The summed E-state index contributed by atoms with van der Waals surface area (Å²) in [6, 6.07) is 24.9. The molecule has 34 heavy (non-hydrogen) atoms. The third-order valence-electron chi connectivity index (χ3n) is 5.20. The Morgan fingerprint density at radius 3 is 2.50 bits per heavy atom. The first-order valence-corrected chi connectivity index (χ1v) is 12.1. The Morgan fingerprint density at radius 1 is 0.941 bits per heavy atom. The van der Waals surface area contributed by atoms with E-state index >= 15 is 0 Å². The molecule has 2 N–H and O–H groups in total. The number of carbonyl (C=O) groups excluding carboxylic acids is 1. The van der Waals surface area contributed by atoms with Crippen LogP contribution in [0.5, 0.6) is 0 Å². The number of anilines is 1. The lowest BCUT2D eigenvalue weighted by molar-refractivity contribution is -0.113. The number of para-hydroxylation sites is 3. The van der Waals surface area contributed by atoms with Crippen LogP contribution in [0.15, 0.2) is 84.0 Å². The van der Waals surface area contributed by atoms with Gasteiger partial charge in [-0.05, 0) is 48.5 Å². The van der Waals surface area contributed by atoms with Crippen molar-refractivity contribution in [2.45, 2.75) is 18.0 Å². The Bertz CT molecular complexity index is 1380. The molecular formula is C25H21ClN6OS. The van der Waals surface area contributed by atoms with Crippen LogP contribution in [0.25, 0.3) is 16.7 Å². The van der Waals surface area contributed by atoms with Crippen molar-refractivity contribution in [1.29, 1.82) is 0 Å². The number of aromatic amines is 1. The van der Waals surface area contributed by atoms with Crippen molar-refractivity contribution in [2.75, 3.05) is 11.1 Å².